The molecule has 0 aliphatic heterocycles. The van der Waals surface area contributed by atoms with Gasteiger partial charge in [-0.25, -0.2) is 8.78 Å². The van der Waals surface area contributed by atoms with Crippen molar-refractivity contribution in [1.29, 1.82) is 0 Å². The van der Waals surface area contributed by atoms with Gasteiger partial charge < -0.3 is 5.32 Å². The maximum absolute atomic E-state index is 13.3. The van der Waals surface area contributed by atoms with Gasteiger partial charge >= 0.3 is 0 Å². The van der Waals surface area contributed by atoms with Gasteiger partial charge in [0.05, 0.1) is 17.4 Å². The summed E-state index contributed by atoms with van der Waals surface area (Å²) in [6, 6.07) is 13.6. The number of hydrogen-bond donors (Lipinski definition) is 1. The molecule has 4 heteroatoms. The lowest BCUT2D eigenvalue weighted by Gasteiger charge is -2.16. The maximum atomic E-state index is 13.3. The molecule has 3 rings (SSSR count). The molecule has 0 spiro atoms. The molecule has 0 fully saturated rings. The molecule has 0 aliphatic rings. The van der Waals surface area contributed by atoms with Crippen molar-refractivity contribution in [3.63, 3.8) is 0 Å². The lowest BCUT2D eigenvalue weighted by molar-refractivity contribution is 0.506. The zero-order valence-corrected chi connectivity index (χ0v) is 11.5. The molecule has 1 N–H and O–H groups in total. The van der Waals surface area contributed by atoms with Crippen LogP contribution in [0.3, 0.4) is 0 Å². The van der Waals surface area contributed by atoms with Gasteiger partial charge in [-0.15, -0.1) is 0 Å². The quantitative estimate of drug-likeness (QED) is 0.755. The molecule has 3 aromatic rings. The molecule has 1 atom stereocenters. The number of rotatable bonds is 3. The minimum Gasteiger partial charge on any atom is -0.377 e. The number of halogens is 2. The average Bonchev–Trinajstić information content (AvgIpc) is 2.50. The number of benzene rings is 2. The van der Waals surface area contributed by atoms with Crippen LogP contribution in [0.15, 0.2) is 54.7 Å². The van der Waals surface area contributed by atoms with Gasteiger partial charge in [0.15, 0.2) is 11.6 Å². The van der Waals surface area contributed by atoms with Crippen LogP contribution in [0.5, 0.6) is 0 Å². The van der Waals surface area contributed by atoms with E-state index in [1.807, 2.05) is 37.3 Å². The SMILES string of the molecule is CC(Nc1cnc2ccccc2c1)c1ccc(F)c(F)c1. The molecule has 0 amide bonds. The van der Waals surface area contributed by atoms with Crippen molar-refractivity contribution in [1.82, 2.24) is 4.98 Å². The molecular weight excluding hydrogens is 270 g/mol. The molecule has 106 valence electrons. The fraction of sp³-hybridized carbons (Fsp3) is 0.118. The molecule has 0 saturated carbocycles. The number of anilines is 1. The summed E-state index contributed by atoms with van der Waals surface area (Å²) in [6.07, 6.45) is 1.73. The van der Waals surface area contributed by atoms with E-state index in [1.54, 1.807) is 12.3 Å². The number of aromatic nitrogens is 1. The van der Waals surface area contributed by atoms with Crippen LogP contribution < -0.4 is 5.32 Å². The van der Waals surface area contributed by atoms with E-state index in [0.717, 1.165) is 22.7 Å². The van der Waals surface area contributed by atoms with Crippen molar-refractivity contribution in [3.05, 3.63) is 71.9 Å². The second kappa shape index (κ2) is 5.48. The van der Waals surface area contributed by atoms with Gasteiger partial charge in [-0.1, -0.05) is 24.3 Å². The Bertz CT molecular complexity index is 787. The monoisotopic (exact) mass is 284 g/mol. The third kappa shape index (κ3) is 2.84. The summed E-state index contributed by atoms with van der Waals surface area (Å²) < 4.78 is 26.2. The van der Waals surface area contributed by atoms with Crippen molar-refractivity contribution in [2.24, 2.45) is 0 Å². The Balaban J connectivity index is 1.85. The van der Waals surface area contributed by atoms with Crippen LogP contribution in [0.4, 0.5) is 14.5 Å². The van der Waals surface area contributed by atoms with Gasteiger partial charge in [0, 0.05) is 11.4 Å². The van der Waals surface area contributed by atoms with Crippen molar-refractivity contribution in [3.8, 4) is 0 Å². The van der Waals surface area contributed by atoms with Gasteiger partial charge in [-0.3, -0.25) is 4.98 Å². The Morgan fingerprint density at radius 2 is 1.81 bits per heavy atom. The average molecular weight is 284 g/mol. The summed E-state index contributed by atoms with van der Waals surface area (Å²) in [7, 11) is 0. The van der Waals surface area contributed by atoms with E-state index in [1.165, 1.54) is 6.07 Å². The van der Waals surface area contributed by atoms with Crippen molar-refractivity contribution >= 4 is 16.6 Å². The Labute approximate surface area is 121 Å². The second-order valence-corrected chi connectivity index (χ2v) is 4.96. The highest BCUT2D eigenvalue weighted by Crippen LogP contribution is 2.22. The third-order valence-corrected chi connectivity index (χ3v) is 3.42. The topological polar surface area (TPSA) is 24.9 Å². The highest BCUT2D eigenvalue weighted by molar-refractivity contribution is 5.81. The Hall–Kier alpha value is -2.49. The predicted octanol–water partition coefficient (Wildman–Crippen LogP) is 4.69. The zero-order valence-electron chi connectivity index (χ0n) is 11.5. The molecule has 2 nitrogen and oxygen atoms in total. The largest absolute Gasteiger partial charge is 0.377 e. The molecule has 1 heterocycles. The van der Waals surface area contributed by atoms with E-state index in [0.29, 0.717) is 5.56 Å². The number of nitrogens with zero attached hydrogens (tertiary/aromatic N) is 1. The lowest BCUT2D eigenvalue weighted by atomic mass is 10.1. The minimum absolute atomic E-state index is 0.150. The zero-order chi connectivity index (χ0) is 14.8. The van der Waals surface area contributed by atoms with E-state index >= 15 is 0 Å². The third-order valence-electron chi connectivity index (χ3n) is 3.42. The summed E-state index contributed by atoms with van der Waals surface area (Å²) in [6.45, 7) is 1.89. The number of pyridine rings is 1. The van der Waals surface area contributed by atoms with Crippen LogP contribution in [-0.4, -0.2) is 4.98 Å². The van der Waals surface area contributed by atoms with Crippen LogP contribution in [0, 0.1) is 11.6 Å². The summed E-state index contributed by atoms with van der Waals surface area (Å²) in [5, 5.41) is 4.27. The van der Waals surface area contributed by atoms with Crippen LogP contribution in [-0.2, 0) is 0 Å². The minimum atomic E-state index is -0.835. The fourth-order valence-electron chi connectivity index (χ4n) is 2.27. The number of hydrogen-bond acceptors (Lipinski definition) is 2. The summed E-state index contributed by atoms with van der Waals surface area (Å²) in [5.41, 5.74) is 2.44. The molecular formula is C17H14F2N2. The molecule has 21 heavy (non-hydrogen) atoms. The highest BCUT2D eigenvalue weighted by atomic mass is 19.2. The standard InChI is InChI=1S/C17H14F2N2/c1-11(12-6-7-15(18)16(19)9-12)21-14-8-13-4-2-3-5-17(13)20-10-14/h2-11,21H,1H3. The first-order chi connectivity index (χ1) is 10.1. The van der Waals surface area contributed by atoms with Crippen molar-refractivity contribution in [2.75, 3.05) is 5.32 Å². The molecule has 1 aromatic heterocycles. The summed E-state index contributed by atoms with van der Waals surface area (Å²) in [5.74, 6) is -1.67. The number of fused-ring (bicyclic) bond motifs is 1. The van der Waals surface area contributed by atoms with Crippen LogP contribution in [0.2, 0.25) is 0 Å². The van der Waals surface area contributed by atoms with Gasteiger partial charge in [-0.2, -0.15) is 0 Å². The Kier molecular flexibility index (Phi) is 3.52. The van der Waals surface area contributed by atoms with Crippen molar-refractivity contribution in [2.45, 2.75) is 13.0 Å². The maximum Gasteiger partial charge on any atom is 0.159 e. The van der Waals surface area contributed by atoms with Gasteiger partial charge in [0.25, 0.3) is 0 Å². The normalized spacial score (nSPS) is 12.3. The number of nitrogens with one attached hydrogen (secondary N) is 1. The Morgan fingerprint density at radius 3 is 2.62 bits per heavy atom. The Morgan fingerprint density at radius 1 is 1.00 bits per heavy atom. The smallest absolute Gasteiger partial charge is 0.159 e. The summed E-state index contributed by atoms with van der Waals surface area (Å²) in [4.78, 5) is 4.36. The molecule has 2 aromatic carbocycles. The molecule has 0 radical (unpaired) electrons. The predicted molar refractivity (Wildman–Crippen MR) is 80.1 cm³/mol. The van der Waals surface area contributed by atoms with E-state index in [-0.39, 0.29) is 6.04 Å². The first-order valence-electron chi connectivity index (χ1n) is 6.70. The van der Waals surface area contributed by atoms with E-state index < -0.39 is 11.6 Å². The van der Waals surface area contributed by atoms with Crippen LogP contribution in [0.1, 0.15) is 18.5 Å². The van der Waals surface area contributed by atoms with Crippen LogP contribution in [0.25, 0.3) is 10.9 Å². The molecule has 0 saturated heterocycles. The van der Waals surface area contributed by atoms with Crippen molar-refractivity contribution < 1.29 is 8.78 Å². The highest BCUT2D eigenvalue weighted by Gasteiger charge is 2.09. The first kappa shape index (κ1) is 13.5. The molecule has 0 bridgehead atoms. The second-order valence-electron chi connectivity index (χ2n) is 4.96. The van der Waals surface area contributed by atoms with Gasteiger partial charge in [-0.05, 0) is 36.8 Å². The van der Waals surface area contributed by atoms with E-state index in [4.69, 9.17) is 0 Å². The lowest BCUT2D eigenvalue weighted by Crippen LogP contribution is -2.07. The number of para-hydroxylation sites is 1. The van der Waals surface area contributed by atoms with Gasteiger partial charge in [0.1, 0.15) is 0 Å². The summed E-state index contributed by atoms with van der Waals surface area (Å²) >= 11 is 0. The van der Waals surface area contributed by atoms with E-state index in [2.05, 4.69) is 10.3 Å². The first-order valence-corrected chi connectivity index (χ1v) is 6.70. The van der Waals surface area contributed by atoms with Crippen LogP contribution >= 0.6 is 0 Å². The molecule has 0 aliphatic carbocycles. The van der Waals surface area contributed by atoms with E-state index in [9.17, 15) is 8.78 Å². The molecule has 1 unspecified atom stereocenters. The van der Waals surface area contributed by atoms with Gasteiger partial charge in [0.2, 0.25) is 0 Å². The fourth-order valence-corrected chi connectivity index (χ4v) is 2.27.